The molecule has 0 saturated heterocycles. The van der Waals surface area contributed by atoms with E-state index in [2.05, 4.69) is 5.32 Å². The molecule has 0 saturated carbocycles. The molecule has 8 heteroatoms. The van der Waals surface area contributed by atoms with Crippen molar-refractivity contribution in [2.24, 2.45) is 0 Å². The molecule has 0 bridgehead atoms. The molecule has 0 fully saturated rings. The molecular formula is C28H28N2O6. The van der Waals surface area contributed by atoms with Gasteiger partial charge in [-0.1, -0.05) is 18.2 Å². The fraction of sp³-hybridized carbons (Fsp3) is 0.286. The standard InChI is InChI=1S/C28H28N2O6/c1-33-17-9-10-21(22(14-17)34-2)29-27(31)25-18-7-5-6-8-19(18)28(32)30-12-11-16-13-23(35-3)24(36-4)15-20(16)26(25)30/h5-10,13-15,25-26H,11-12H2,1-4H3,(H,29,31)/t25-,26+/m0/s1. The van der Waals surface area contributed by atoms with Crippen molar-refractivity contribution in [3.05, 3.63) is 76.9 Å². The van der Waals surface area contributed by atoms with E-state index >= 15 is 0 Å². The molecule has 5 rings (SSSR count). The predicted octanol–water partition coefficient (Wildman–Crippen LogP) is 4.20. The van der Waals surface area contributed by atoms with E-state index in [1.165, 1.54) is 7.11 Å². The molecule has 3 aromatic rings. The van der Waals surface area contributed by atoms with Crippen molar-refractivity contribution in [2.75, 3.05) is 40.3 Å². The van der Waals surface area contributed by atoms with Gasteiger partial charge >= 0.3 is 0 Å². The summed E-state index contributed by atoms with van der Waals surface area (Å²) in [6.45, 7) is 0.496. The first-order valence-electron chi connectivity index (χ1n) is 11.7. The molecule has 2 amide bonds. The minimum atomic E-state index is -0.650. The first-order chi connectivity index (χ1) is 17.5. The van der Waals surface area contributed by atoms with Crippen LogP contribution in [0.2, 0.25) is 0 Å². The summed E-state index contributed by atoms with van der Waals surface area (Å²) in [5.41, 5.74) is 3.66. The second-order valence-electron chi connectivity index (χ2n) is 8.72. The lowest BCUT2D eigenvalue weighted by Gasteiger charge is -2.45. The zero-order chi connectivity index (χ0) is 25.4. The first kappa shape index (κ1) is 23.5. The van der Waals surface area contributed by atoms with Crippen LogP contribution in [-0.2, 0) is 11.2 Å². The minimum absolute atomic E-state index is 0.0814. The number of amides is 2. The van der Waals surface area contributed by atoms with Gasteiger partial charge < -0.3 is 29.2 Å². The molecule has 2 atom stereocenters. The van der Waals surface area contributed by atoms with Gasteiger partial charge in [0.15, 0.2) is 11.5 Å². The smallest absolute Gasteiger partial charge is 0.254 e. The number of carbonyl (C=O) groups excluding carboxylic acids is 2. The van der Waals surface area contributed by atoms with Crippen LogP contribution in [0.3, 0.4) is 0 Å². The van der Waals surface area contributed by atoms with Gasteiger partial charge in [0.05, 0.1) is 46.1 Å². The Balaban J connectivity index is 1.63. The summed E-state index contributed by atoms with van der Waals surface area (Å²) in [7, 11) is 6.28. The van der Waals surface area contributed by atoms with E-state index in [0.29, 0.717) is 52.8 Å². The van der Waals surface area contributed by atoms with Crippen molar-refractivity contribution in [3.63, 3.8) is 0 Å². The van der Waals surface area contributed by atoms with Gasteiger partial charge in [-0.2, -0.15) is 0 Å². The van der Waals surface area contributed by atoms with Crippen molar-refractivity contribution < 1.29 is 28.5 Å². The van der Waals surface area contributed by atoms with Crippen LogP contribution in [0, 0.1) is 0 Å². The zero-order valence-corrected chi connectivity index (χ0v) is 20.7. The van der Waals surface area contributed by atoms with Crippen molar-refractivity contribution in [1.29, 1.82) is 0 Å². The van der Waals surface area contributed by atoms with Gasteiger partial charge in [0.2, 0.25) is 5.91 Å². The molecule has 2 aliphatic rings. The number of benzene rings is 3. The van der Waals surface area contributed by atoms with Gasteiger partial charge in [-0.3, -0.25) is 9.59 Å². The Labute approximate surface area is 209 Å². The molecule has 0 unspecified atom stereocenters. The van der Waals surface area contributed by atoms with Crippen LogP contribution in [0.25, 0.3) is 0 Å². The highest BCUT2D eigenvalue weighted by Crippen LogP contribution is 2.48. The van der Waals surface area contributed by atoms with Crippen molar-refractivity contribution in [2.45, 2.75) is 18.4 Å². The highest BCUT2D eigenvalue weighted by atomic mass is 16.5. The Bertz CT molecular complexity index is 1340. The lowest BCUT2D eigenvalue weighted by atomic mass is 9.75. The molecule has 8 nitrogen and oxygen atoms in total. The molecule has 3 aromatic carbocycles. The number of fused-ring (bicyclic) bond motifs is 4. The van der Waals surface area contributed by atoms with Gasteiger partial charge in [0, 0.05) is 18.2 Å². The molecule has 0 aromatic heterocycles. The zero-order valence-electron chi connectivity index (χ0n) is 20.7. The van der Waals surface area contributed by atoms with Gasteiger partial charge in [-0.15, -0.1) is 0 Å². The third-order valence-electron chi connectivity index (χ3n) is 6.97. The van der Waals surface area contributed by atoms with Gasteiger partial charge in [-0.05, 0) is 53.4 Å². The summed E-state index contributed by atoms with van der Waals surface area (Å²) in [5, 5.41) is 3.04. The number of ether oxygens (including phenoxy) is 4. The number of nitrogens with one attached hydrogen (secondary N) is 1. The number of methoxy groups -OCH3 is 4. The monoisotopic (exact) mass is 488 g/mol. The van der Waals surface area contributed by atoms with Crippen molar-refractivity contribution in [3.8, 4) is 23.0 Å². The van der Waals surface area contributed by atoms with Crippen LogP contribution in [0.4, 0.5) is 5.69 Å². The number of nitrogens with zero attached hydrogens (tertiary/aromatic N) is 1. The van der Waals surface area contributed by atoms with Crippen LogP contribution >= 0.6 is 0 Å². The highest BCUT2D eigenvalue weighted by Gasteiger charge is 2.46. The maximum absolute atomic E-state index is 14.0. The second-order valence-corrected chi connectivity index (χ2v) is 8.72. The molecule has 186 valence electrons. The van der Waals surface area contributed by atoms with Crippen LogP contribution in [-0.4, -0.2) is 51.7 Å². The van der Waals surface area contributed by atoms with Crippen molar-refractivity contribution >= 4 is 17.5 Å². The molecule has 1 N–H and O–H groups in total. The summed E-state index contributed by atoms with van der Waals surface area (Å²) in [6, 6.07) is 15.9. The quantitative estimate of drug-likeness (QED) is 0.560. The number of anilines is 1. The number of hydrogen-bond donors (Lipinski definition) is 1. The average molecular weight is 489 g/mol. The van der Waals surface area contributed by atoms with E-state index in [1.807, 2.05) is 30.3 Å². The minimum Gasteiger partial charge on any atom is -0.497 e. The topological polar surface area (TPSA) is 86.3 Å². The third-order valence-corrected chi connectivity index (χ3v) is 6.97. The number of hydrogen-bond acceptors (Lipinski definition) is 6. The maximum atomic E-state index is 14.0. The van der Waals surface area contributed by atoms with Crippen molar-refractivity contribution in [1.82, 2.24) is 4.90 Å². The Hall–Kier alpha value is -4.20. The van der Waals surface area contributed by atoms with Gasteiger partial charge in [0.1, 0.15) is 11.5 Å². The summed E-state index contributed by atoms with van der Waals surface area (Å²) in [4.78, 5) is 29.3. The fourth-order valence-electron chi connectivity index (χ4n) is 5.25. The van der Waals surface area contributed by atoms with E-state index in [9.17, 15) is 9.59 Å². The number of carbonyl (C=O) groups is 2. The molecule has 0 radical (unpaired) electrons. The molecule has 0 aliphatic carbocycles. The molecule has 36 heavy (non-hydrogen) atoms. The van der Waals surface area contributed by atoms with Crippen LogP contribution < -0.4 is 24.3 Å². The molecular weight excluding hydrogens is 460 g/mol. The maximum Gasteiger partial charge on any atom is 0.254 e. The fourth-order valence-corrected chi connectivity index (χ4v) is 5.25. The first-order valence-corrected chi connectivity index (χ1v) is 11.7. The van der Waals surface area contributed by atoms with Crippen LogP contribution in [0.15, 0.2) is 54.6 Å². The Morgan fingerprint density at radius 1 is 0.861 bits per heavy atom. The molecule has 2 aliphatic heterocycles. The summed E-state index contributed by atoms with van der Waals surface area (Å²) in [6.07, 6.45) is 0.654. The summed E-state index contributed by atoms with van der Waals surface area (Å²) in [5.74, 6) is 1.31. The third kappa shape index (κ3) is 3.79. The van der Waals surface area contributed by atoms with E-state index in [1.54, 1.807) is 50.5 Å². The SMILES string of the molecule is COc1ccc(NC(=O)[C@H]2c3ccccc3C(=O)N3CCc4cc(OC)c(OC)cc4[C@H]23)c(OC)c1. The van der Waals surface area contributed by atoms with Crippen LogP contribution in [0.1, 0.15) is 39.0 Å². The Kier molecular flexibility index (Phi) is 6.18. The predicted molar refractivity (Wildman–Crippen MR) is 134 cm³/mol. The van der Waals surface area contributed by atoms with Crippen LogP contribution in [0.5, 0.6) is 23.0 Å². The van der Waals surface area contributed by atoms with Gasteiger partial charge in [-0.25, -0.2) is 0 Å². The molecule has 0 spiro atoms. The van der Waals surface area contributed by atoms with E-state index < -0.39 is 12.0 Å². The largest absolute Gasteiger partial charge is 0.497 e. The lowest BCUT2D eigenvalue weighted by molar-refractivity contribution is -0.119. The Morgan fingerprint density at radius 2 is 1.58 bits per heavy atom. The summed E-state index contributed by atoms with van der Waals surface area (Å²) >= 11 is 0. The second kappa shape index (κ2) is 9.45. The van der Waals surface area contributed by atoms with Gasteiger partial charge in [0.25, 0.3) is 5.91 Å². The normalized spacial score (nSPS) is 17.9. The number of rotatable bonds is 6. The van der Waals surface area contributed by atoms with E-state index in [4.69, 9.17) is 18.9 Å². The Morgan fingerprint density at radius 3 is 2.31 bits per heavy atom. The summed E-state index contributed by atoms with van der Waals surface area (Å²) < 4.78 is 21.8. The highest BCUT2D eigenvalue weighted by molar-refractivity contribution is 6.05. The average Bonchev–Trinajstić information content (AvgIpc) is 2.92. The van der Waals surface area contributed by atoms with E-state index in [-0.39, 0.29) is 11.8 Å². The lowest BCUT2D eigenvalue weighted by Crippen LogP contribution is -2.49. The van der Waals surface area contributed by atoms with E-state index in [0.717, 1.165) is 11.1 Å². The molecule has 2 heterocycles.